The van der Waals surface area contributed by atoms with Crippen molar-refractivity contribution in [1.29, 1.82) is 0 Å². The van der Waals surface area contributed by atoms with Gasteiger partial charge in [0.2, 0.25) is 5.88 Å². The number of aromatic nitrogens is 4. The summed E-state index contributed by atoms with van der Waals surface area (Å²) in [6, 6.07) is 5.62. The minimum absolute atomic E-state index is 0.0288. The first-order valence-corrected chi connectivity index (χ1v) is 10.1. The molecule has 162 valence electrons. The third-order valence-electron chi connectivity index (χ3n) is 5.80. The SMILES string of the molecule is COc1ccc([C@@H]2C[C@@]2(C)COc2nc(C)ncc2-c2cc(OC)c(=O)n(C)c2)nc1. The number of hydrogen-bond acceptors (Lipinski definition) is 7. The van der Waals surface area contributed by atoms with E-state index < -0.39 is 0 Å². The van der Waals surface area contributed by atoms with Crippen LogP contribution in [0.3, 0.4) is 0 Å². The van der Waals surface area contributed by atoms with Crippen molar-refractivity contribution in [2.45, 2.75) is 26.2 Å². The van der Waals surface area contributed by atoms with Crippen LogP contribution in [0.15, 0.2) is 41.6 Å². The number of methoxy groups -OCH3 is 2. The number of rotatable bonds is 7. The lowest BCUT2D eigenvalue weighted by Gasteiger charge is -2.16. The lowest BCUT2D eigenvalue weighted by atomic mass is 10.1. The van der Waals surface area contributed by atoms with E-state index in [1.165, 1.54) is 11.7 Å². The average molecular weight is 422 g/mol. The highest BCUT2D eigenvalue weighted by molar-refractivity contribution is 5.68. The van der Waals surface area contributed by atoms with Gasteiger partial charge in [-0.3, -0.25) is 9.78 Å². The summed E-state index contributed by atoms with van der Waals surface area (Å²) < 4.78 is 18.1. The predicted octanol–water partition coefficient (Wildman–Crippen LogP) is 3.14. The Morgan fingerprint density at radius 2 is 2.00 bits per heavy atom. The van der Waals surface area contributed by atoms with Gasteiger partial charge < -0.3 is 18.8 Å². The molecule has 0 spiro atoms. The first kappa shape index (κ1) is 20.8. The van der Waals surface area contributed by atoms with Crippen molar-refractivity contribution < 1.29 is 14.2 Å². The smallest absolute Gasteiger partial charge is 0.292 e. The second kappa shape index (κ2) is 8.02. The quantitative estimate of drug-likeness (QED) is 0.578. The molecule has 0 bridgehead atoms. The van der Waals surface area contributed by atoms with Crippen LogP contribution >= 0.6 is 0 Å². The highest BCUT2D eigenvalue weighted by Crippen LogP contribution is 2.58. The molecule has 0 N–H and O–H groups in total. The zero-order valence-electron chi connectivity index (χ0n) is 18.4. The molecule has 31 heavy (non-hydrogen) atoms. The monoisotopic (exact) mass is 422 g/mol. The maximum atomic E-state index is 12.2. The summed E-state index contributed by atoms with van der Waals surface area (Å²) in [5, 5.41) is 0. The molecule has 1 fully saturated rings. The van der Waals surface area contributed by atoms with E-state index in [2.05, 4.69) is 21.9 Å². The van der Waals surface area contributed by atoms with Crippen LogP contribution < -0.4 is 19.8 Å². The fourth-order valence-corrected chi connectivity index (χ4v) is 3.71. The van der Waals surface area contributed by atoms with Crippen LogP contribution in [0.1, 0.15) is 30.8 Å². The van der Waals surface area contributed by atoms with Gasteiger partial charge >= 0.3 is 0 Å². The number of aryl methyl sites for hydroxylation is 2. The second-order valence-electron chi connectivity index (χ2n) is 8.17. The van der Waals surface area contributed by atoms with Crippen molar-refractivity contribution in [2.24, 2.45) is 12.5 Å². The fourth-order valence-electron chi connectivity index (χ4n) is 3.71. The van der Waals surface area contributed by atoms with Crippen molar-refractivity contribution in [2.75, 3.05) is 20.8 Å². The molecular formula is C23H26N4O4. The van der Waals surface area contributed by atoms with Gasteiger partial charge in [-0.2, -0.15) is 4.98 Å². The molecule has 0 saturated heterocycles. The van der Waals surface area contributed by atoms with Crippen molar-refractivity contribution in [3.8, 4) is 28.5 Å². The van der Waals surface area contributed by atoms with Crippen molar-refractivity contribution in [3.05, 3.63) is 58.7 Å². The maximum Gasteiger partial charge on any atom is 0.292 e. The molecule has 2 atom stereocenters. The molecule has 3 aromatic rings. The summed E-state index contributed by atoms with van der Waals surface area (Å²) in [4.78, 5) is 25.5. The van der Waals surface area contributed by atoms with Crippen LogP contribution in [0.2, 0.25) is 0 Å². The first-order valence-electron chi connectivity index (χ1n) is 10.1. The molecular weight excluding hydrogens is 396 g/mol. The zero-order chi connectivity index (χ0) is 22.2. The zero-order valence-corrected chi connectivity index (χ0v) is 18.4. The van der Waals surface area contributed by atoms with Crippen LogP contribution in [0.25, 0.3) is 11.1 Å². The Labute approximate surface area is 180 Å². The van der Waals surface area contributed by atoms with E-state index in [0.29, 0.717) is 29.8 Å². The molecule has 4 rings (SSSR count). The number of pyridine rings is 2. The minimum Gasteiger partial charge on any atom is -0.495 e. The number of hydrogen-bond donors (Lipinski definition) is 0. The van der Waals surface area contributed by atoms with E-state index in [9.17, 15) is 4.79 Å². The summed E-state index contributed by atoms with van der Waals surface area (Å²) in [6.45, 7) is 4.51. The fraction of sp³-hybridized carbons (Fsp3) is 0.391. The molecule has 0 amide bonds. The van der Waals surface area contributed by atoms with Gasteiger partial charge in [0.25, 0.3) is 5.56 Å². The Morgan fingerprint density at radius 3 is 2.68 bits per heavy atom. The largest absolute Gasteiger partial charge is 0.495 e. The van der Waals surface area contributed by atoms with Gasteiger partial charge in [0.15, 0.2) is 5.75 Å². The topological polar surface area (TPSA) is 88.4 Å². The second-order valence-corrected chi connectivity index (χ2v) is 8.17. The van der Waals surface area contributed by atoms with E-state index in [1.807, 2.05) is 19.1 Å². The maximum absolute atomic E-state index is 12.2. The van der Waals surface area contributed by atoms with Gasteiger partial charge in [-0.15, -0.1) is 0 Å². The molecule has 0 unspecified atom stereocenters. The molecule has 0 aliphatic heterocycles. The normalized spacial score (nSPS) is 19.7. The highest BCUT2D eigenvalue weighted by Gasteiger charge is 2.52. The van der Waals surface area contributed by atoms with Crippen LogP contribution in [-0.2, 0) is 7.05 Å². The molecule has 3 heterocycles. The molecule has 1 aliphatic carbocycles. The van der Waals surface area contributed by atoms with Crippen molar-refractivity contribution in [1.82, 2.24) is 19.5 Å². The molecule has 8 heteroatoms. The van der Waals surface area contributed by atoms with E-state index in [-0.39, 0.29) is 16.7 Å². The molecule has 1 saturated carbocycles. The highest BCUT2D eigenvalue weighted by atomic mass is 16.5. The molecule has 3 aromatic heterocycles. The lowest BCUT2D eigenvalue weighted by molar-refractivity contribution is 0.234. The molecule has 1 aliphatic rings. The Bertz CT molecular complexity index is 1160. The Hall–Kier alpha value is -3.42. The van der Waals surface area contributed by atoms with E-state index in [4.69, 9.17) is 14.2 Å². The van der Waals surface area contributed by atoms with Gasteiger partial charge in [-0.05, 0) is 31.5 Å². The van der Waals surface area contributed by atoms with Gasteiger partial charge in [-0.25, -0.2) is 4.98 Å². The summed E-state index contributed by atoms with van der Waals surface area (Å²) in [5.74, 6) is 2.43. The van der Waals surface area contributed by atoms with Crippen LogP contribution in [-0.4, -0.2) is 40.3 Å². The third kappa shape index (κ3) is 4.10. The standard InChI is InChI=1S/C23H26N4O4/c1-14-24-11-17(15-8-20(30-5)22(28)27(3)12-15)21(26-14)31-13-23(2)9-18(23)19-7-6-16(29-4)10-25-19/h6-8,10-12,18H,9,13H2,1-5H3/t18-,23-/m0/s1. The Kier molecular flexibility index (Phi) is 5.39. The predicted molar refractivity (Wildman–Crippen MR) is 116 cm³/mol. The van der Waals surface area contributed by atoms with Gasteiger partial charge in [0.05, 0.1) is 32.6 Å². The summed E-state index contributed by atoms with van der Waals surface area (Å²) >= 11 is 0. The van der Waals surface area contributed by atoms with Crippen LogP contribution in [0.5, 0.6) is 17.4 Å². The van der Waals surface area contributed by atoms with Crippen molar-refractivity contribution >= 4 is 0 Å². The summed E-state index contributed by atoms with van der Waals surface area (Å²) in [6.07, 6.45) is 6.18. The van der Waals surface area contributed by atoms with E-state index in [0.717, 1.165) is 23.4 Å². The third-order valence-corrected chi connectivity index (χ3v) is 5.80. The first-order chi connectivity index (χ1) is 14.8. The summed E-state index contributed by atoms with van der Waals surface area (Å²) in [5.41, 5.74) is 2.26. The minimum atomic E-state index is -0.206. The van der Waals surface area contributed by atoms with Gasteiger partial charge in [-0.1, -0.05) is 6.92 Å². The summed E-state index contributed by atoms with van der Waals surface area (Å²) in [7, 11) is 4.79. The Balaban J connectivity index is 1.57. The van der Waals surface area contributed by atoms with E-state index >= 15 is 0 Å². The number of nitrogens with zero attached hydrogens (tertiary/aromatic N) is 4. The molecule has 0 radical (unpaired) electrons. The lowest BCUT2D eigenvalue weighted by Crippen LogP contribution is -2.18. The van der Waals surface area contributed by atoms with Gasteiger partial charge in [0.1, 0.15) is 11.6 Å². The van der Waals surface area contributed by atoms with Crippen LogP contribution in [0, 0.1) is 12.3 Å². The van der Waals surface area contributed by atoms with Crippen LogP contribution in [0.4, 0.5) is 0 Å². The van der Waals surface area contributed by atoms with Gasteiger partial charge in [0, 0.05) is 42.0 Å². The molecule has 0 aromatic carbocycles. The Morgan fingerprint density at radius 1 is 1.19 bits per heavy atom. The molecule has 8 nitrogen and oxygen atoms in total. The number of ether oxygens (including phenoxy) is 3. The van der Waals surface area contributed by atoms with Crippen molar-refractivity contribution in [3.63, 3.8) is 0 Å². The van der Waals surface area contributed by atoms with E-state index in [1.54, 1.807) is 38.8 Å². The average Bonchev–Trinajstić information content (AvgIpc) is 3.46.